The van der Waals surface area contributed by atoms with Crippen LogP contribution in [0, 0.1) is 11.7 Å². The number of aromatic nitrogens is 3. The van der Waals surface area contributed by atoms with Gasteiger partial charge in [-0.25, -0.2) is 4.39 Å². The number of hydrogen-bond acceptors (Lipinski definition) is 3. The fourth-order valence-electron chi connectivity index (χ4n) is 3.16. The number of nitrogens with one attached hydrogen (secondary N) is 1. The van der Waals surface area contributed by atoms with Crippen LogP contribution < -0.4 is 5.32 Å². The first-order chi connectivity index (χ1) is 12.2. The second kappa shape index (κ2) is 5.70. The Balaban J connectivity index is 1.51. The number of anilines is 1. The highest BCUT2D eigenvalue weighted by atomic mass is 35.5. The van der Waals surface area contributed by atoms with Crippen LogP contribution in [0.3, 0.4) is 0 Å². The van der Waals surface area contributed by atoms with Crippen molar-refractivity contribution in [2.24, 2.45) is 5.92 Å². The normalized spacial score (nSPS) is 17.2. The van der Waals surface area contributed by atoms with Gasteiger partial charge < -0.3 is 5.32 Å². The average Bonchev–Trinajstić information content (AvgIpc) is 3.51. The molecule has 0 unspecified atom stereocenters. The highest BCUT2D eigenvalue weighted by Gasteiger charge is 2.25. The van der Waals surface area contributed by atoms with Crippen molar-refractivity contribution in [3.05, 3.63) is 47.1 Å². The topological polar surface area (TPSA) is 42.2 Å². The smallest absolute Gasteiger partial charge is 0.180 e. The Morgan fingerprint density at radius 1 is 1.16 bits per heavy atom. The van der Waals surface area contributed by atoms with Crippen LogP contribution in [-0.2, 0) is 6.42 Å². The number of fused-ring (bicyclic) bond motifs is 1. The lowest BCUT2D eigenvalue weighted by molar-refractivity contribution is 0.630. The van der Waals surface area contributed by atoms with Gasteiger partial charge in [-0.3, -0.25) is 4.40 Å². The highest BCUT2D eigenvalue weighted by molar-refractivity contribution is 6.36. The molecule has 2 fully saturated rings. The summed E-state index contributed by atoms with van der Waals surface area (Å²) in [5.74, 6) is 1.42. The minimum atomic E-state index is -0.253. The molecule has 2 aliphatic rings. The fourth-order valence-corrected chi connectivity index (χ4v) is 3.46. The Morgan fingerprint density at radius 3 is 2.72 bits per heavy atom. The second-order valence-electron chi connectivity index (χ2n) is 7.11. The maximum atomic E-state index is 14.4. The van der Waals surface area contributed by atoms with E-state index in [-0.39, 0.29) is 5.82 Å². The van der Waals surface area contributed by atoms with E-state index in [2.05, 4.69) is 15.5 Å². The van der Waals surface area contributed by atoms with Gasteiger partial charge in [0, 0.05) is 24.2 Å². The Bertz CT molecular complexity index is 959. The first-order valence-electron chi connectivity index (χ1n) is 8.77. The van der Waals surface area contributed by atoms with Gasteiger partial charge in [0.25, 0.3) is 0 Å². The first kappa shape index (κ1) is 15.1. The van der Waals surface area contributed by atoms with Crippen LogP contribution in [0.2, 0.25) is 5.02 Å². The molecule has 4 nitrogen and oxygen atoms in total. The van der Waals surface area contributed by atoms with E-state index in [4.69, 9.17) is 11.6 Å². The number of rotatable bonds is 5. The molecule has 25 heavy (non-hydrogen) atoms. The van der Waals surface area contributed by atoms with E-state index in [0.717, 1.165) is 42.1 Å². The van der Waals surface area contributed by atoms with Crippen molar-refractivity contribution < 1.29 is 4.39 Å². The molecular formula is C19H18ClFN4. The van der Waals surface area contributed by atoms with Gasteiger partial charge in [0.05, 0.1) is 10.7 Å². The van der Waals surface area contributed by atoms with Crippen molar-refractivity contribution >= 4 is 22.9 Å². The monoisotopic (exact) mass is 356 g/mol. The molecule has 0 radical (unpaired) electrons. The van der Waals surface area contributed by atoms with Gasteiger partial charge in [-0.1, -0.05) is 17.7 Å². The summed E-state index contributed by atoms with van der Waals surface area (Å²) in [5, 5.41) is 12.2. The third kappa shape index (κ3) is 2.86. The standard InChI is InChI=1S/C19H18ClFN4/c20-18-14(12-3-6-16(15(21)10-12)22-13-4-5-13)7-8-25-17(9-11-1-2-11)23-24-19(18)25/h3,6-8,10-11,13,22H,1-2,4-5,9H2. The molecule has 0 bridgehead atoms. The maximum Gasteiger partial charge on any atom is 0.180 e. The third-order valence-electron chi connectivity index (χ3n) is 4.97. The number of nitrogens with zero attached hydrogens (tertiary/aromatic N) is 3. The molecule has 128 valence electrons. The molecule has 5 rings (SSSR count). The molecule has 1 aromatic carbocycles. The largest absolute Gasteiger partial charge is 0.380 e. The summed E-state index contributed by atoms with van der Waals surface area (Å²) in [4.78, 5) is 0. The zero-order chi connectivity index (χ0) is 17.0. The van der Waals surface area contributed by atoms with Crippen molar-refractivity contribution in [3.8, 4) is 11.1 Å². The summed E-state index contributed by atoms with van der Waals surface area (Å²) in [6.45, 7) is 0. The zero-order valence-corrected chi connectivity index (χ0v) is 14.4. The van der Waals surface area contributed by atoms with Gasteiger partial charge in [0.1, 0.15) is 11.6 Å². The SMILES string of the molecule is Fc1cc(-c2ccn3c(CC4CC4)nnc3c2Cl)ccc1NC1CC1. The molecule has 0 spiro atoms. The van der Waals surface area contributed by atoms with Crippen LogP contribution in [0.4, 0.5) is 10.1 Å². The summed E-state index contributed by atoms with van der Waals surface area (Å²) in [6.07, 6.45) is 7.62. The van der Waals surface area contributed by atoms with E-state index < -0.39 is 0 Å². The van der Waals surface area contributed by atoms with Crippen LogP contribution in [0.1, 0.15) is 31.5 Å². The van der Waals surface area contributed by atoms with Crippen LogP contribution >= 0.6 is 11.6 Å². The molecule has 0 aliphatic heterocycles. The molecule has 2 saturated carbocycles. The van der Waals surface area contributed by atoms with E-state index in [1.807, 2.05) is 22.7 Å². The molecule has 0 amide bonds. The molecule has 6 heteroatoms. The van der Waals surface area contributed by atoms with Crippen LogP contribution in [0.5, 0.6) is 0 Å². The van der Waals surface area contributed by atoms with Crippen molar-refractivity contribution in [2.75, 3.05) is 5.32 Å². The van der Waals surface area contributed by atoms with Crippen LogP contribution in [0.25, 0.3) is 16.8 Å². The van der Waals surface area contributed by atoms with E-state index in [9.17, 15) is 4.39 Å². The molecule has 1 N–H and O–H groups in total. The van der Waals surface area contributed by atoms with Crippen molar-refractivity contribution in [3.63, 3.8) is 0 Å². The minimum Gasteiger partial charge on any atom is -0.380 e. The third-order valence-corrected chi connectivity index (χ3v) is 5.35. The number of benzene rings is 1. The molecule has 2 aliphatic carbocycles. The van der Waals surface area contributed by atoms with Gasteiger partial charge >= 0.3 is 0 Å². The van der Waals surface area contributed by atoms with E-state index in [0.29, 0.717) is 22.4 Å². The number of pyridine rings is 1. The minimum absolute atomic E-state index is 0.253. The van der Waals surface area contributed by atoms with Gasteiger partial charge in [0.15, 0.2) is 5.65 Å². The van der Waals surface area contributed by atoms with Gasteiger partial charge in [-0.2, -0.15) is 0 Å². The van der Waals surface area contributed by atoms with E-state index in [1.165, 1.54) is 18.9 Å². The second-order valence-corrected chi connectivity index (χ2v) is 7.49. The Morgan fingerprint density at radius 2 is 2.00 bits per heavy atom. The highest BCUT2D eigenvalue weighted by Crippen LogP contribution is 2.35. The Labute approximate surface area is 150 Å². The predicted molar refractivity (Wildman–Crippen MR) is 96.5 cm³/mol. The summed E-state index contributed by atoms with van der Waals surface area (Å²) < 4.78 is 16.3. The quantitative estimate of drug-likeness (QED) is 0.719. The fraction of sp³-hybridized carbons (Fsp3) is 0.368. The molecular weight excluding hydrogens is 339 g/mol. The van der Waals surface area contributed by atoms with Crippen molar-refractivity contribution in [2.45, 2.75) is 38.1 Å². The van der Waals surface area contributed by atoms with E-state index in [1.54, 1.807) is 6.07 Å². The lowest BCUT2D eigenvalue weighted by Crippen LogP contribution is -2.03. The maximum absolute atomic E-state index is 14.4. The molecule has 2 aromatic heterocycles. The summed E-state index contributed by atoms with van der Waals surface area (Å²) in [6, 6.07) is 7.54. The van der Waals surface area contributed by atoms with Gasteiger partial charge in [-0.05, 0) is 55.4 Å². The van der Waals surface area contributed by atoms with Crippen LogP contribution in [0.15, 0.2) is 30.5 Å². The zero-order valence-electron chi connectivity index (χ0n) is 13.7. The summed E-state index contributed by atoms with van der Waals surface area (Å²) >= 11 is 6.57. The first-order valence-corrected chi connectivity index (χ1v) is 9.15. The molecule has 0 atom stereocenters. The van der Waals surface area contributed by atoms with Crippen molar-refractivity contribution in [1.29, 1.82) is 0 Å². The average molecular weight is 357 g/mol. The summed E-state index contributed by atoms with van der Waals surface area (Å²) in [7, 11) is 0. The lowest BCUT2D eigenvalue weighted by atomic mass is 10.1. The summed E-state index contributed by atoms with van der Waals surface area (Å²) in [5.41, 5.74) is 2.71. The van der Waals surface area contributed by atoms with Crippen molar-refractivity contribution in [1.82, 2.24) is 14.6 Å². The number of halogens is 2. The predicted octanol–water partition coefficient (Wildman–Crippen LogP) is 4.72. The molecule has 0 saturated heterocycles. The Hall–Kier alpha value is -2.14. The molecule has 3 aromatic rings. The number of hydrogen-bond donors (Lipinski definition) is 1. The van der Waals surface area contributed by atoms with Gasteiger partial charge in [0.2, 0.25) is 0 Å². The lowest BCUT2D eigenvalue weighted by Gasteiger charge is -2.10. The van der Waals surface area contributed by atoms with Crippen LogP contribution in [-0.4, -0.2) is 20.6 Å². The van der Waals surface area contributed by atoms with E-state index >= 15 is 0 Å². The van der Waals surface area contributed by atoms with Gasteiger partial charge in [-0.15, -0.1) is 10.2 Å². The molecule has 2 heterocycles. The Kier molecular flexibility index (Phi) is 3.45.